The average Bonchev–Trinajstić information content (AvgIpc) is 1.77. The van der Waals surface area contributed by atoms with E-state index < -0.39 is 17.2 Å². The lowest BCUT2D eigenvalue weighted by Crippen LogP contribution is -2.54. The van der Waals surface area contributed by atoms with Crippen LogP contribution in [-0.2, 0) is 14.3 Å². The van der Waals surface area contributed by atoms with Crippen LogP contribution >= 0.6 is 0 Å². The lowest BCUT2D eigenvalue weighted by molar-refractivity contribution is -0.163. The molecule has 5 heteroatoms. The molecule has 0 unspecified atom stereocenters. The van der Waals surface area contributed by atoms with Crippen molar-refractivity contribution in [2.75, 3.05) is 13.2 Å². The average molecular weight is 158 g/mol. The molecule has 1 aliphatic rings. The molecule has 0 aromatic heterocycles. The molecule has 2 amide bonds. The maximum Gasteiger partial charge on any atom is 0.228 e. The smallest absolute Gasteiger partial charge is 0.228 e. The van der Waals surface area contributed by atoms with Gasteiger partial charge in [-0.15, -0.1) is 0 Å². The van der Waals surface area contributed by atoms with E-state index in [-0.39, 0.29) is 19.6 Å². The molecule has 11 heavy (non-hydrogen) atoms. The number of hydrogen-bond donors (Lipinski definition) is 2. The summed E-state index contributed by atoms with van der Waals surface area (Å²) in [6.45, 7) is 0.427. The Labute approximate surface area is 63.7 Å². The van der Waals surface area contributed by atoms with Gasteiger partial charge in [0.1, 0.15) is 5.41 Å². The zero-order valence-corrected chi connectivity index (χ0v) is 6.00. The molecule has 1 aliphatic heterocycles. The minimum atomic E-state index is -0.814. The van der Waals surface area contributed by atoms with Gasteiger partial charge in [-0.25, -0.2) is 0 Å². The van der Waals surface area contributed by atoms with Gasteiger partial charge in [-0.05, 0) is 0 Å². The Balaban J connectivity index is 2.61. The lowest BCUT2D eigenvalue weighted by atomic mass is 9.81. The van der Waals surface area contributed by atoms with Crippen molar-refractivity contribution in [2.24, 2.45) is 16.9 Å². The number of nitrogens with two attached hydrogens (primary N) is 2. The predicted molar refractivity (Wildman–Crippen MR) is 36.3 cm³/mol. The largest absolute Gasteiger partial charge is 0.379 e. The summed E-state index contributed by atoms with van der Waals surface area (Å²) in [5, 5.41) is 0. The molecular formula is C6H10N2O3. The van der Waals surface area contributed by atoms with Crippen LogP contribution in [0.15, 0.2) is 0 Å². The van der Waals surface area contributed by atoms with E-state index in [0.717, 1.165) is 0 Å². The molecule has 62 valence electrons. The summed E-state index contributed by atoms with van der Waals surface area (Å²) in [7, 11) is 0. The second kappa shape index (κ2) is 2.50. The second-order valence-corrected chi connectivity index (χ2v) is 2.78. The van der Waals surface area contributed by atoms with Crippen LogP contribution in [0.4, 0.5) is 0 Å². The number of carbonyl (C=O) groups excluding carboxylic acids is 2. The maximum absolute atomic E-state index is 10.8. The Morgan fingerprint density at radius 2 is 1.91 bits per heavy atom. The first-order valence-corrected chi connectivity index (χ1v) is 3.23. The fourth-order valence-corrected chi connectivity index (χ4v) is 1.01. The zero-order chi connectivity index (χ0) is 8.48. The lowest BCUT2D eigenvalue weighted by Gasteiger charge is -2.37. The van der Waals surface area contributed by atoms with Gasteiger partial charge in [-0.2, -0.15) is 0 Å². The van der Waals surface area contributed by atoms with E-state index in [2.05, 4.69) is 0 Å². The van der Waals surface area contributed by atoms with Gasteiger partial charge in [0, 0.05) is 6.42 Å². The standard InChI is InChI=1S/C6H10N2O3/c7-4(9)1-6(5(8)10)2-11-3-6/h1-3H2,(H2,7,9)(H2,8,10). The fraction of sp³-hybridized carbons (Fsp3) is 0.667. The molecule has 0 aromatic carbocycles. The van der Waals surface area contributed by atoms with E-state index in [9.17, 15) is 9.59 Å². The molecule has 0 saturated carbocycles. The predicted octanol–water partition coefficient (Wildman–Crippen LogP) is -1.64. The first-order valence-electron chi connectivity index (χ1n) is 3.23. The van der Waals surface area contributed by atoms with Crippen LogP contribution in [0.5, 0.6) is 0 Å². The highest BCUT2D eigenvalue weighted by Gasteiger charge is 2.45. The molecule has 1 heterocycles. The quantitative estimate of drug-likeness (QED) is 0.515. The van der Waals surface area contributed by atoms with Crippen LogP contribution in [0.1, 0.15) is 6.42 Å². The van der Waals surface area contributed by atoms with Gasteiger partial charge < -0.3 is 16.2 Å². The topological polar surface area (TPSA) is 95.4 Å². The van der Waals surface area contributed by atoms with Gasteiger partial charge in [0.25, 0.3) is 0 Å². The van der Waals surface area contributed by atoms with Crippen molar-refractivity contribution in [2.45, 2.75) is 6.42 Å². The van der Waals surface area contributed by atoms with Crippen LogP contribution in [-0.4, -0.2) is 25.0 Å². The SMILES string of the molecule is NC(=O)CC1(C(N)=O)COC1. The third-order valence-corrected chi connectivity index (χ3v) is 1.79. The molecule has 5 nitrogen and oxygen atoms in total. The minimum absolute atomic E-state index is 0.0116. The van der Waals surface area contributed by atoms with Gasteiger partial charge in [-0.3, -0.25) is 9.59 Å². The highest BCUT2D eigenvalue weighted by Crippen LogP contribution is 2.30. The Kier molecular flexibility index (Phi) is 1.82. The van der Waals surface area contributed by atoms with E-state index in [0.29, 0.717) is 0 Å². The Morgan fingerprint density at radius 1 is 1.36 bits per heavy atom. The molecule has 1 rings (SSSR count). The molecule has 0 radical (unpaired) electrons. The molecular weight excluding hydrogens is 148 g/mol. The number of hydrogen-bond acceptors (Lipinski definition) is 3. The van der Waals surface area contributed by atoms with Crippen molar-refractivity contribution >= 4 is 11.8 Å². The Morgan fingerprint density at radius 3 is 2.00 bits per heavy atom. The van der Waals surface area contributed by atoms with E-state index >= 15 is 0 Å². The highest BCUT2D eigenvalue weighted by molar-refractivity contribution is 5.88. The molecule has 0 aliphatic carbocycles. The third kappa shape index (κ3) is 1.32. The maximum atomic E-state index is 10.8. The fourth-order valence-electron chi connectivity index (χ4n) is 1.01. The van der Waals surface area contributed by atoms with Crippen molar-refractivity contribution in [3.05, 3.63) is 0 Å². The Hall–Kier alpha value is -1.10. The number of carbonyl (C=O) groups is 2. The summed E-state index contributed by atoms with van der Waals surface area (Å²) < 4.78 is 4.79. The number of rotatable bonds is 3. The van der Waals surface area contributed by atoms with Crippen molar-refractivity contribution in [1.82, 2.24) is 0 Å². The summed E-state index contributed by atoms with van der Waals surface area (Å²) in [5.74, 6) is -1.03. The summed E-state index contributed by atoms with van der Waals surface area (Å²) in [6, 6.07) is 0. The van der Waals surface area contributed by atoms with Gasteiger partial charge in [0.2, 0.25) is 11.8 Å². The molecule has 1 fully saturated rings. The molecule has 0 spiro atoms. The molecule has 4 N–H and O–H groups in total. The van der Waals surface area contributed by atoms with Crippen LogP contribution in [0, 0.1) is 5.41 Å². The van der Waals surface area contributed by atoms with Crippen molar-refractivity contribution in [3.63, 3.8) is 0 Å². The summed E-state index contributed by atoms with van der Waals surface area (Å²) in [4.78, 5) is 21.2. The van der Waals surface area contributed by atoms with Crippen LogP contribution < -0.4 is 11.5 Å². The van der Waals surface area contributed by atoms with Crippen molar-refractivity contribution in [1.29, 1.82) is 0 Å². The molecule has 1 saturated heterocycles. The summed E-state index contributed by atoms with van der Waals surface area (Å²) in [5.41, 5.74) is 9.16. The van der Waals surface area contributed by atoms with E-state index in [4.69, 9.17) is 16.2 Å². The van der Waals surface area contributed by atoms with Crippen LogP contribution in [0.2, 0.25) is 0 Å². The van der Waals surface area contributed by atoms with E-state index in [1.807, 2.05) is 0 Å². The number of amides is 2. The van der Waals surface area contributed by atoms with Crippen LogP contribution in [0.25, 0.3) is 0 Å². The number of ether oxygens (including phenoxy) is 1. The molecule has 0 bridgehead atoms. The van der Waals surface area contributed by atoms with Crippen molar-refractivity contribution in [3.8, 4) is 0 Å². The van der Waals surface area contributed by atoms with Gasteiger partial charge >= 0.3 is 0 Å². The first kappa shape index (κ1) is 8.00. The van der Waals surface area contributed by atoms with Gasteiger partial charge in [-0.1, -0.05) is 0 Å². The number of primary amides is 2. The van der Waals surface area contributed by atoms with Crippen LogP contribution in [0.3, 0.4) is 0 Å². The van der Waals surface area contributed by atoms with Crippen molar-refractivity contribution < 1.29 is 14.3 Å². The molecule has 0 aromatic rings. The first-order chi connectivity index (χ1) is 5.07. The third-order valence-electron chi connectivity index (χ3n) is 1.79. The van der Waals surface area contributed by atoms with Gasteiger partial charge in [0.05, 0.1) is 13.2 Å². The normalized spacial score (nSPS) is 20.4. The minimum Gasteiger partial charge on any atom is -0.379 e. The monoisotopic (exact) mass is 158 g/mol. The Bertz CT molecular complexity index is 198. The summed E-state index contributed by atoms with van der Waals surface area (Å²) >= 11 is 0. The highest BCUT2D eigenvalue weighted by atomic mass is 16.5. The van der Waals surface area contributed by atoms with Gasteiger partial charge in [0.15, 0.2) is 0 Å². The second-order valence-electron chi connectivity index (χ2n) is 2.78. The molecule has 0 atom stereocenters. The van der Waals surface area contributed by atoms with E-state index in [1.54, 1.807) is 0 Å². The zero-order valence-electron chi connectivity index (χ0n) is 6.00. The van der Waals surface area contributed by atoms with E-state index in [1.165, 1.54) is 0 Å². The summed E-state index contributed by atoms with van der Waals surface area (Å²) in [6.07, 6.45) is -0.0116.